The Bertz CT molecular complexity index is 750. The summed E-state index contributed by atoms with van der Waals surface area (Å²) in [6, 6.07) is 5.65. The Morgan fingerprint density at radius 3 is 3.00 bits per heavy atom. The molecule has 1 spiro atoms. The van der Waals surface area contributed by atoms with Gasteiger partial charge in [0, 0.05) is 11.1 Å². The third-order valence-electron chi connectivity index (χ3n) is 4.69. The number of fused-ring (bicyclic) bond motifs is 2. The third-order valence-corrected chi connectivity index (χ3v) is 6.06. The molecule has 1 saturated heterocycles. The van der Waals surface area contributed by atoms with Crippen molar-refractivity contribution in [1.82, 2.24) is 10.3 Å². The molecule has 1 amide bonds. The van der Waals surface area contributed by atoms with Gasteiger partial charge in [0.05, 0.1) is 22.7 Å². The molecule has 0 bridgehead atoms. The van der Waals surface area contributed by atoms with Crippen molar-refractivity contribution in [3.63, 3.8) is 0 Å². The molecule has 4 heterocycles. The maximum atomic E-state index is 11.7. The standard InChI is InChI=1S/C17H19N3O2S/c18-16(21)12-2-1-6-20-14(12)13-10-11-3-9-22-17(15(11)23-13)4-7-19-8-5-17/h1-2,6,10,19H,3-5,7-9H2,(H2,18,21). The molecule has 2 aliphatic rings. The fourth-order valence-corrected chi connectivity index (χ4v) is 4.96. The van der Waals surface area contributed by atoms with E-state index in [9.17, 15) is 4.79 Å². The smallest absolute Gasteiger partial charge is 0.250 e. The summed E-state index contributed by atoms with van der Waals surface area (Å²) >= 11 is 1.70. The molecule has 1 fully saturated rings. The van der Waals surface area contributed by atoms with Crippen molar-refractivity contribution in [3.8, 4) is 10.6 Å². The molecule has 120 valence electrons. The van der Waals surface area contributed by atoms with Crippen LogP contribution in [0.25, 0.3) is 10.6 Å². The zero-order chi connectivity index (χ0) is 15.9. The van der Waals surface area contributed by atoms with Gasteiger partial charge in [-0.15, -0.1) is 11.3 Å². The van der Waals surface area contributed by atoms with Gasteiger partial charge in [-0.2, -0.15) is 0 Å². The summed E-state index contributed by atoms with van der Waals surface area (Å²) in [7, 11) is 0. The Labute approximate surface area is 138 Å². The first kappa shape index (κ1) is 14.8. The topological polar surface area (TPSA) is 77.2 Å². The minimum Gasteiger partial charge on any atom is -0.369 e. The van der Waals surface area contributed by atoms with Gasteiger partial charge in [-0.1, -0.05) is 0 Å². The highest BCUT2D eigenvalue weighted by Crippen LogP contribution is 2.46. The van der Waals surface area contributed by atoms with Crippen LogP contribution in [0.4, 0.5) is 0 Å². The second-order valence-corrected chi connectivity index (χ2v) is 7.12. The van der Waals surface area contributed by atoms with Gasteiger partial charge in [-0.3, -0.25) is 9.78 Å². The van der Waals surface area contributed by atoms with E-state index >= 15 is 0 Å². The van der Waals surface area contributed by atoms with Crippen molar-refractivity contribution in [3.05, 3.63) is 40.4 Å². The number of ether oxygens (including phenoxy) is 1. The van der Waals surface area contributed by atoms with Crippen LogP contribution in [0.5, 0.6) is 0 Å². The molecule has 6 heteroatoms. The first-order valence-corrected chi connectivity index (χ1v) is 8.74. The number of hydrogen-bond acceptors (Lipinski definition) is 5. The van der Waals surface area contributed by atoms with E-state index in [1.54, 1.807) is 29.7 Å². The fraction of sp³-hybridized carbons (Fsp3) is 0.412. The SMILES string of the molecule is NC(=O)c1cccnc1-c1cc2c(s1)C1(CCNCC1)OCC2. The Morgan fingerprint density at radius 2 is 2.22 bits per heavy atom. The van der Waals surface area contributed by atoms with Crippen LogP contribution in [0.15, 0.2) is 24.4 Å². The fourth-order valence-electron chi connectivity index (χ4n) is 3.54. The summed E-state index contributed by atoms with van der Waals surface area (Å²) in [5.41, 5.74) is 7.83. The molecule has 0 aromatic carbocycles. The van der Waals surface area contributed by atoms with Crippen LogP contribution in [0.2, 0.25) is 0 Å². The molecule has 5 nitrogen and oxygen atoms in total. The van der Waals surface area contributed by atoms with Crippen molar-refractivity contribution >= 4 is 17.2 Å². The number of nitrogens with two attached hydrogens (primary N) is 1. The number of primary amides is 1. The van der Waals surface area contributed by atoms with Crippen LogP contribution in [0.3, 0.4) is 0 Å². The lowest BCUT2D eigenvalue weighted by Crippen LogP contribution is -2.43. The van der Waals surface area contributed by atoms with Crippen molar-refractivity contribution in [2.24, 2.45) is 5.73 Å². The Morgan fingerprint density at radius 1 is 1.39 bits per heavy atom. The highest BCUT2D eigenvalue weighted by atomic mass is 32.1. The van der Waals surface area contributed by atoms with Gasteiger partial charge in [0.25, 0.3) is 5.91 Å². The summed E-state index contributed by atoms with van der Waals surface area (Å²) < 4.78 is 6.22. The zero-order valence-electron chi connectivity index (χ0n) is 12.8. The largest absolute Gasteiger partial charge is 0.369 e. The van der Waals surface area contributed by atoms with E-state index in [0.29, 0.717) is 11.3 Å². The summed E-state index contributed by atoms with van der Waals surface area (Å²) in [4.78, 5) is 18.4. The highest BCUT2D eigenvalue weighted by Gasteiger charge is 2.40. The average molecular weight is 329 g/mol. The number of pyridine rings is 1. The zero-order valence-corrected chi connectivity index (χ0v) is 13.6. The molecule has 0 atom stereocenters. The third kappa shape index (κ3) is 2.47. The Balaban J connectivity index is 1.81. The maximum absolute atomic E-state index is 11.7. The first-order valence-electron chi connectivity index (χ1n) is 7.93. The van der Waals surface area contributed by atoms with E-state index in [1.165, 1.54) is 10.4 Å². The monoisotopic (exact) mass is 329 g/mol. The van der Waals surface area contributed by atoms with Crippen LogP contribution in [0, 0.1) is 0 Å². The molecule has 2 aromatic rings. The number of nitrogens with one attached hydrogen (secondary N) is 1. The van der Waals surface area contributed by atoms with E-state index in [4.69, 9.17) is 10.5 Å². The van der Waals surface area contributed by atoms with Crippen LogP contribution >= 0.6 is 11.3 Å². The lowest BCUT2D eigenvalue weighted by Gasteiger charge is -2.40. The molecule has 0 aliphatic carbocycles. The number of carbonyl (C=O) groups excluding carboxylic acids is 1. The average Bonchev–Trinajstić information content (AvgIpc) is 3.01. The molecule has 3 N–H and O–H groups in total. The molecular weight excluding hydrogens is 310 g/mol. The van der Waals surface area contributed by atoms with Crippen LogP contribution in [-0.4, -0.2) is 30.6 Å². The molecule has 0 radical (unpaired) electrons. The molecule has 0 saturated carbocycles. The van der Waals surface area contributed by atoms with E-state index in [0.717, 1.165) is 43.8 Å². The number of carbonyl (C=O) groups is 1. The van der Waals surface area contributed by atoms with Crippen LogP contribution in [-0.2, 0) is 16.8 Å². The van der Waals surface area contributed by atoms with Crippen molar-refractivity contribution in [2.75, 3.05) is 19.7 Å². The van der Waals surface area contributed by atoms with Crippen LogP contribution < -0.4 is 11.1 Å². The van der Waals surface area contributed by atoms with Gasteiger partial charge in [0.1, 0.15) is 5.60 Å². The Kier molecular flexibility index (Phi) is 3.67. The highest BCUT2D eigenvalue weighted by molar-refractivity contribution is 7.15. The second kappa shape index (κ2) is 5.70. The minimum atomic E-state index is -0.438. The van der Waals surface area contributed by atoms with Gasteiger partial charge in [-0.25, -0.2) is 0 Å². The Hall–Kier alpha value is -1.76. The summed E-state index contributed by atoms with van der Waals surface area (Å²) in [5.74, 6) is -0.438. The quantitative estimate of drug-likeness (QED) is 0.884. The number of rotatable bonds is 2. The van der Waals surface area contributed by atoms with E-state index in [-0.39, 0.29) is 5.60 Å². The lowest BCUT2D eigenvalue weighted by atomic mass is 9.86. The molecule has 0 unspecified atom stereocenters. The normalized spacial score (nSPS) is 19.5. The second-order valence-electron chi connectivity index (χ2n) is 6.07. The number of hydrogen-bond donors (Lipinski definition) is 2. The molecule has 23 heavy (non-hydrogen) atoms. The number of aromatic nitrogens is 1. The summed E-state index contributed by atoms with van der Waals surface area (Å²) in [5, 5.41) is 3.40. The van der Waals surface area contributed by atoms with Crippen molar-refractivity contribution < 1.29 is 9.53 Å². The number of nitrogens with zero attached hydrogens (tertiary/aromatic N) is 1. The lowest BCUT2D eigenvalue weighted by molar-refractivity contribution is -0.0771. The first-order chi connectivity index (χ1) is 11.2. The van der Waals surface area contributed by atoms with Gasteiger partial charge < -0.3 is 15.8 Å². The molecule has 4 rings (SSSR count). The van der Waals surface area contributed by atoms with Crippen molar-refractivity contribution in [1.29, 1.82) is 0 Å². The van der Waals surface area contributed by atoms with Gasteiger partial charge in [-0.05, 0) is 56.1 Å². The summed E-state index contributed by atoms with van der Waals surface area (Å²) in [6.45, 7) is 2.71. The number of amides is 1. The van der Waals surface area contributed by atoms with Gasteiger partial charge in [0.15, 0.2) is 0 Å². The predicted octanol–water partition coefficient (Wildman–Crippen LogP) is 2.06. The summed E-state index contributed by atoms with van der Waals surface area (Å²) in [6.07, 6.45) is 4.60. The molecule has 2 aromatic heterocycles. The van der Waals surface area contributed by atoms with Gasteiger partial charge >= 0.3 is 0 Å². The van der Waals surface area contributed by atoms with Crippen molar-refractivity contribution in [2.45, 2.75) is 24.9 Å². The molecular formula is C17H19N3O2S. The van der Waals surface area contributed by atoms with E-state index in [2.05, 4.69) is 16.4 Å². The van der Waals surface area contributed by atoms with Gasteiger partial charge in [0.2, 0.25) is 0 Å². The number of thiophene rings is 1. The van der Waals surface area contributed by atoms with E-state index in [1.807, 2.05) is 0 Å². The maximum Gasteiger partial charge on any atom is 0.250 e. The van der Waals surface area contributed by atoms with Crippen LogP contribution in [0.1, 0.15) is 33.6 Å². The predicted molar refractivity (Wildman–Crippen MR) is 89.5 cm³/mol. The van der Waals surface area contributed by atoms with E-state index < -0.39 is 5.91 Å². The minimum absolute atomic E-state index is 0.163. The number of piperidine rings is 1. The molecule has 2 aliphatic heterocycles.